The zero-order valence-corrected chi connectivity index (χ0v) is 10.8. The molecule has 1 aliphatic rings. The van der Waals surface area contributed by atoms with E-state index in [0.29, 0.717) is 11.7 Å². The molecule has 3 rings (SSSR count). The first kappa shape index (κ1) is 13.4. The summed E-state index contributed by atoms with van der Waals surface area (Å²) in [5.74, 6) is 0.888. The van der Waals surface area contributed by atoms with E-state index < -0.39 is 11.7 Å². The lowest BCUT2D eigenvalue weighted by Crippen LogP contribution is -2.76. The number of aliphatic imine (C=N–C) groups is 1. The van der Waals surface area contributed by atoms with Crippen molar-refractivity contribution >= 4 is 17.4 Å². The van der Waals surface area contributed by atoms with E-state index in [1.54, 1.807) is 0 Å². The lowest BCUT2D eigenvalue weighted by atomic mass is 10.1. The number of nitrogens with one attached hydrogen (secondary N) is 1. The number of hydrogen-bond donors (Lipinski definition) is 2. The van der Waals surface area contributed by atoms with Gasteiger partial charge in [0.15, 0.2) is 0 Å². The summed E-state index contributed by atoms with van der Waals surface area (Å²) in [6.45, 7) is 0. The van der Waals surface area contributed by atoms with Gasteiger partial charge < -0.3 is 5.73 Å². The van der Waals surface area contributed by atoms with E-state index in [1.807, 2.05) is 24.3 Å². The summed E-state index contributed by atoms with van der Waals surface area (Å²) < 4.78 is 38.1. The number of nitrogen functional groups attached to an aromatic ring is 1. The minimum Gasteiger partial charge on any atom is -0.318 e. The Hall–Kier alpha value is -2.63. The van der Waals surface area contributed by atoms with Crippen LogP contribution in [0.25, 0.3) is 0 Å². The number of nitrogens with zero attached hydrogens (tertiary/aromatic N) is 1. The zero-order chi connectivity index (χ0) is 15.0. The molecule has 0 unspecified atom stereocenters. The van der Waals surface area contributed by atoms with Crippen molar-refractivity contribution in [2.24, 2.45) is 10.7 Å². The van der Waals surface area contributed by atoms with Crippen molar-refractivity contribution in [2.75, 3.05) is 0 Å². The van der Waals surface area contributed by atoms with Crippen LogP contribution in [-0.4, -0.2) is 11.7 Å². The Morgan fingerprint density at radius 1 is 0.952 bits per heavy atom. The SMILES string of the molecule is NC1=[NH+]C(=Nc2cccc(C(F)(F)F)c2)c2ccccc21. The monoisotopic (exact) mass is 290 g/mol. The average molecular weight is 290 g/mol. The van der Waals surface area contributed by atoms with Crippen LogP contribution in [0.15, 0.2) is 53.5 Å². The molecular weight excluding hydrogens is 279 g/mol. The first-order valence-electron chi connectivity index (χ1n) is 6.20. The molecule has 1 heterocycles. The standard InChI is InChI=1S/C15H10F3N3/c16-15(17,18)9-4-3-5-10(8-9)20-14-12-7-2-1-6-11(12)13(19)21-14/h1-8H,(H2,19,20,21)/p+1. The Balaban J connectivity index is 2.05. The van der Waals surface area contributed by atoms with E-state index in [4.69, 9.17) is 5.73 Å². The van der Waals surface area contributed by atoms with Crippen molar-refractivity contribution < 1.29 is 18.2 Å². The predicted octanol–water partition coefficient (Wildman–Crippen LogP) is 1.58. The van der Waals surface area contributed by atoms with Gasteiger partial charge in [-0.1, -0.05) is 18.2 Å². The number of alkyl halides is 3. The molecule has 0 radical (unpaired) electrons. The molecule has 0 atom stereocenters. The van der Waals surface area contributed by atoms with Gasteiger partial charge in [0.25, 0.3) is 5.84 Å². The van der Waals surface area contributed by atoms with Gasteiger partial charge in [0.1, 0.15) is 5.69 Å². The van der Waals surface area contributed by atoms with Crippen LogP contribution in [-0.2, 0) is 6.18 Å². The summed E-state index contributed by atoms with van der Waals surface area (Å²) in [5.41, 5.74) is 6.89. The van der Waals surface area contributed by atoms with Crippen LogP contribution in [0.5, 0.6) is 0 Å². The fraction of sp³-hybridized carbons (Fsp3) is 0.0667. The Bertz CT molecular complexity index is 761. The average Bonchev–Trinajstić information content (AvgIpc) is 2.76. The van der Waals surface area contributed by atoms with Gasteiger partial charge in [-0.25, -0.2) is 4.99 Å². The molecule has 6 heteroatoms. The molecule has 0 saturated carbocycles. The van der Waals surface area contributed by atoms with Crippen molar-refractivity contribution in [2.45, 2.75) is 6.18 Å². The Kier molecular flexibility index (Phi) is 3.01. The normalized spacial score (nSPS) is 16.0. The number of nitrogens with two attached hydrogens (primary N) is 1. The molecule has 2 aromatic carbocycles. The fourth-order valence-electron chi connectivity index (χ4n) is 2.16. The highest BCUT2D eigenvalue weighted by Crippen LogP contribution is 2.31. The summed E-state index contributed by atoms with van der Waals surface area (Å²) in [7, 11) is 0. The molecule has 0 aromatic heterocycles. The molecule has 2 aromatic rings. The van der Waals surface area contributed by atoms with Gasteiger partial charge in [-0.05, 0) is 30.3 Å². The second-order valence-electron chi connectivity index (χ2n) is 4.59. The number of fused-ring (bicyclic) bond motifs is 1. The summed E-state index contributed by atoms with van der Waals surface area (Å²) >= 11 is 0. The van der Waals surface area contributed by atoms with E-state index in [1.165, 1.54) is 12.1 Å². The third-order valence-corrected chi connectivity index (χ3v) is 3.14. The maximum Gasteiger partial charge on any atom is 0.416 e. The highest BCUT2D eigenvalue weighted by molar-refractivity contribution is 6.12. The maximum absolute atomic E-state index is 12.7. The number of amidine groups is 2. The number of hydrogen-bond acceptors (Lipinski definition) is 2. The summed E-state index contributed by atoms with van der Waals surface area (Å²) in [6, 6.07) is 12.2. The van der Waals surface area contributed by atoms with Gasteiger partial charge >= 0.3 is 6.18 Å². The van der Waals surface area contributed by atoms with Crippen molar-refractivity contribution in [1.29, 1.82) is 0 Å². The lowest BCUT2D eigenvalue weighted by Gasteiger charge is -2.05. The number of rotatable bonds is 1. The Morgan fingerprint density at radius 2 is 1.67 bits per heavy atom. The molecule has 3 nitrogen and oxygen atoms in total. The third kappa shape index (κ3) is 2.52. The predicted molar refractivity (Wildman–Crippen MR) is 73.3 cm³/mol. The van der Waals surface area contributed by atoms with Gasteiger partial charge in [0.2, 0.25) is 5.84 Å². The van der Waals surface area contributed by atoms with Crippen LogP contribution in [0.4, 0.5) is 18.9 Å². The highest BCUT2D eigenvalue weighted by Gasteiger charge is 2.31. The van der Waals surface area contributed by atoms with Crippen LogP contribution >= 0.6 is 0 Å². The molecular formula is C15H11F3N3+. The highest BCUT2D eigenvalue weighted by atomic mass is 19.4. The molecule has 0 fully saturated rings. The largest absolute Gasteiger partial charge is 0.416 e. The molecule has 1 aliphatic heterocycles. The quantitative estimate of drug-likeness (QED) is 0.823. The van der Waals surface area contributed by atoms with E-state index >= 15 is 0 Å². The van der Waals surface area contributed by atoms with Crippen molar-refractivity contribution in [1.82, 2.24) is 0 Å². The molecule has 0 amide bonds. The van der Waals surface area contributed by atoms with Crippen molar-refractivity contribution in [3.63, 3.8) is 0 Å². The smallest absolute Gasteiger partial charge is 0.318 e. The maximum atomic E-state index is 12.7. The lowest BCUT2D eigenvalue weighted by molar-refractivity contribution is -0.311. The van der Waals surface area contributed by atoms with Gasteiger partial charge in [-0.2, -0.15) is 13.2 Å². The minimum atomic E-state index is -4.39. The van der Waals surface area contributed by atoms with Gasteiger partial charge in [0, 0.05) is 0 Å². The van der Waals surface area contributed by atoms with Crippen LogP contribution in [0.1, 0.15) is 16.7 Å². The van der Waals surface area contributed by atoms with Crippen LogP contribution in [0.2, 0.25) is 0 Å². The van der Waals surface area contributed by atoms with Crippen molar-refractivity contribution in [3.05, 3.63) is 65.2 Å². The van der Waals surface area contributed by atoms with E-state index in [9.17, 15) is 13.2 Å². The fourth-order valence-corrected chi connectivity index (χ4v) is 2.16. The molecule has 0 aliphatic carbocycles. The summed E-state index contributed by atoms with van der Waals surface area (Å²) in [6.07, 6.45) is -4.39. The van der Waals surface area contributed by atoms with Gasteiger partial charge in [-0.15, -0.1) is 4.99 Å². The number of halogens is 3. The molecule has 0 spiro atoms. The molecule has 3 N–H and O–H groups in total. The second kappa shape index (κ2) is 4.73. The van der Waals surface area contributed by atoms with Gasteiger partial charge in [0.05, 0.1) is 16.7 Å². The van der Waals surface area contributed by atoms with Crippen LogP contribution in [0.3, 0.4) is 0 Å². The van der Waals surface area contributed by atoms with E-state index in [2.05, 4.69) is 9.98 Å². The van der Waals surface area contributed by atoms with Crippen LogP contribution < -0.4 is 10.7 Å². The molecule has 0 saturated heterocycles. The second-order valence-corrected chi connectivity index (χ2v) is 4.59. The minimum absolute atomic E-state index is 0.219. The van der Waals surface area contributed by atoms with Gasteiger partial charge in [-0.3, -0.25) is 0 Å². The third-order valence-electron chi connectivity index (χ3n) is 3.14. The van der Waals surface area contributed by atoms with Crippen molar-refractivity contribution in [3.8, 4) is 0 Å². The Labute approximate surface area is 118 Å². The van der Waals surface area contributed by atoms with E-state index in [0.717, 1.165) is 23.3 Å². The topological polar surface area (TPSA) is 52.4 Å². The Morgan fingerprint density at radius 3 is 2.38 bits per heavy atom. The number of benzene rings is 2. The molecule has 106 valence electrons. The summed E-state index contributed by atoms with van der Waals surface area (Å²) in [4.78, 5) is 7.12. The van der Waals surface area contributed by atoms with Crippen LogP contribution in [0, 0.1) is 0 Å². The zero-order valence-electron chi connectivity index (χ0n) is 10.8. The van der Waals surface area contributed by atoms with E-state index in [-0.39, 0.29) is 5.69 Å². The molecule has 0 bridgehead atoms. The first-order chi connectivity index (χ1) is 9.95. The summed E-state index contributed by atoms with van der Waals surface area (Å²) in [5, 5.41) is 0. The molecule has 21 heavy (non-hydrogen) atoms. The first-order valence-corrected chi connectivity index (χ1v) is 6.20.